The number of allylic oxidation sites excluding steroid dienone is 2. The maximum atomic E-state index is 9.44. The van der Waals surface area contributed by atoms with Gasteiger partial charge in [0.25, 0.3) is 0 Å². The maximum absolute atomic E-state index is 9.44. The fourth-order valence-corrected chi connectivity index (χ4v) is 39.4. The van der Waals surface area contributed by atoms with Crippen molar-refractivity contribution in [2.24, 2.45) is 0 Å². The predicted molar refractivity (Wildman–Crippen MR) is 263 cm³/mol. The van der Waals surface area contributed by atoms with Gasteiger partial charge in [-0.3, -0.25) is 0 Å². The van der Waals surface area contributed by atoms with Crippen LogP contribution in [-0.4, -0.2) is 9.52 Å². The molecule has 305 valence electrons. The summed E-state index contributed by atoms with van der Waals surface area (Å²) in [6.45, 7) is 13.9. The molecule has 2 atom stereocenters. The number of unbranched alkanes of at least 4 members (excludes halogenated alkanes) is 2. The quantitative estimate of drug-likeness (QED) is 0.101. The summed E-state index contributed by atoms with van der Waals surface area (Å²) < 4.78 is 1.18. The molecular formula is C56H59Cl2SiZr. The van der Waals surface area contributed by atoms with E-state index in [4.69, 9.17) is 0 Å². The van der Waals surface area contributed by atoms with Crippen LogP contribution in [-0.2, 0) is 16.4 Å². The van der Waals surface area contributed by atoms with Gasteiger partial charge in [0.1, 0.15) is 0 Å². The molecule has 60 heavy (non-hydrogen) atoms. The Kier molecular flexibility index (Phi) is 11.6. The van der Waals surface area contributed by atoms with Crippen molar-refractivity contribution < 1.29 is 16.4 Å². The minimum atomic E-state index is -5.64. The van der Waals surface area contributed by atoms with Crippen LogP contribution in [0.25, 0.3) is 45.5 Å². The van der Waals surface area contributed by atoms with E-state index in [2.05, 4.69) is 181 Å². The van der Waals surface area contributed by atoms with Gasteiger partial charge < -0.3 is 0 Å². The van der Waals surface area contributed by atoms with Gasteiger partial charge >= 0.3 is 373 Å². The molecule has 6 aromatic rings. The van der Waals surface area contributed by atoms with Crippen molar-refractivity contribution in [1.82, 2.24) is 0 Å². The summed E-state index contributed by atoms with van der Waals surface area (Å²) in [7, 11) is 18.0. The zero-order valence-electron chi connectivity index (χ0n) is 36.3. The minimum absolute atomic E-state index is 0.0701. The molecule has 6 aromatic carbocycles. The number of hydrogen-bond acceptors (Lipinski definition) is 0. The number of hydrogen-bond donors (Lipinski definition) is 0. The van der Waals surface area contributed by atoms with Crippen LogP contribution in [0.1, 0.15) is 133 Å². The normalized spacial score (nSPS) is 17.6. The molecule has 0 radical (unpaired) electrons. The Balaban J connectivity index is 1.37. The van der Waals surface area contributed by atoms with Gasteiger partial charge in [0, 0.05) is 0 Å². The van der Waals surface area contributed by atoms with Crippen molar-refractivity contribution in [3.8, 4) is 33.4 Å². The molecule has 4 heteroatoms. The van der Waals surface area contributed by atoms with Crippen LogP contribution >= 0.6 is 17.0 Å². The summed E-state index contributed by atoms with van der Waals surface area (Å²) in [6, 6.07) is 48.4. The molecule has 0 aromatic heterocycles. The predicted octanol–water partition coefficient (Wildman–Crippen LogP) is 14.6. The van der Waals surface area contributed by atoms with E-state index < -0.39 is 25.9 Å². The third-order valence-electron chi connectivity index (χ3n) is 14.1. The molecule has 2 aliphatic carbocycles. The summed E-state index contributed by atoms with van der Waals surface area (Å²) in [5.41, 5.74) is 19.0. The number of rotatable bonds is 13. The molecule has 0 nitrogen and oxygen atoms in total. The van der Waals surface area contributed by atoms with Crippen molar-refractivity contribution in [2.45, 2.75) is 99.2 Å². The van der Waals surface area contributed by atoms with E-state index >= 15 is 0 Å². The van der Waals surface area contributed by atoms with E-state index in [1.54, 1.807) is 0 Å². The zero-order chi connectivity index (χ0) is 41.8. The Labute approximate surface area is 370 Å². The van der Waals surface area contributed by atoms with E-state index in [-0.39, 0.29) is 7.25 Å². The Morgan fingerprint density at radius 1 is 0.500 bits per heavy atom. The van der Waals surface area contributed by atoms with Crippen LogP contribution in [0.15, 0.2) is 139 Å². The molecule has 0 saturated carbocycles. The van der Waals surface area contributed by atoms with Crippen molar-refractivity contribution in [3.63, 3.8) is 0 Å². The van der Waals surface area contributed by atoms with Crippen LogP contribution in [0.2, 0.25) is 0 Å². The second kappa shape index (κ2) is 16.6. The zero-order valence-corrected chi connectivity index (χ0v) is 41.7. The fraction of sp³-hybridized carbons (Fsp3) is 0.286. The van der Waals surface area contributed by atoms with Crippen LogP contribution in [0, 0.1) is 0 Å². The Morgan fingerprint density at radius 3 is 1.43 bits per heavy atom. The summed E-state index contributed by atoms with van der Waals surface area (Å²) >= 11 is -5.64. The van der Waals surface area contributed by atoms with Gasteiger partial charge in [-0.2, -0.15) is 0 Å². The molecule has 0 amide bonds. The second-order valence-electron chi connectivity index (χ2n) is 18.4. The Bertz CT molecular complexity index is 2550. The molecule has 1 heterocycles. The molecule has 9 rings (SSSR count). The number of fused-ring (bicyclic) bond motifs is 5. The molecule has 0 saturated heterocycles. The molecule has 0 bridgehead atoms. The third kappa shape index (κ3) is 6.79. The molecule has 3 aliphatic rings. The first-order valence-electron chi connectivity index (χ1n) is 22.7. The summed E-state index contributed by atoms with van der Waals surface area (Å²) in [6.07, 6.45) is 11.6. The van der Waals surface area contributed by atoms with Crippen molar-refractivity contribution >= 4 is 52.3 Å². The molecule has 2 unspecified atom stereocenters. The topological polar surface area (TPSA) is 0 Å². The van der Waals surface area contributed by atoms with E-state index in [0.717, 1.165) is 38.5 Å². The number of halogens is 2. The SMILES string of the molecule is CCCCC1=Cc2c(-c3ccccc3C(C)C)cccc2[CH]1[Zr]([Cl])([Cl])([c]1cccc2c1[SiH2]c1ccccc1-2)[CH]1C(CCCC)=Cc2c(-c3ccccc3C(C)C)cccc21. The van der Waals surface area contributed by atoms with E-state index in [1.807, 2.05) is 0 Å². The standard InChI is InChI=1S/2C22H25.C12H9Si.2ClH.Zr/c2*1-4-5-9-17-14-18-10-8-13-21(22(18)15-17)20-12-7-6-11-19(20)16(2)3;1-3-7-11-9(5-1)10-6-2-4-8-12(10)13-11;;;/h2*6-8,10-16H,4-5,9H2,1-3H3;1-7H,13H2;2*1H;/q;;;;;+2/p-2. The van der Waals surface area contributed by atoms with Crippen LogP contribution < -0.4 is 13.6 Å². The van der Waals surface area contributed by atoms with Gasteiger partial charge in [0.05, 0.1) is 0 Å². The van der Waals surface area contributed by atoms with Gasteiger partial charge in [-0.05, 0) is 0 Å². The summed E-state index contributed by atoms with van der Waals surface area (Å²) in [5, 5.41) is 3.00. The van der Waals surface area contributed by atoms with E-state index in [0.29, 0.717) is 11.8 Å². The molecule has 1 aliphatic heterocycles. The molecule has 0 N–H and O–H groups in total. The van der Waals surface area contributed by atoms with Gasteiger partial charge in [0.15, 0.2) is 0 Å². The molecule has 0 spiro atoms. The van der Waals surface area contributed by atoms with Gasteiger partial charge in [-0.15, -0.1) is 0 Å². The monoisotopic (exact) mass is 919 g/mol. The van der Waals surface area contributed by atoms with Gasteiger partial charge in [0.2, 0.25) is 0 Å². The van der Waals surface area contributed by atoms with E-state index in [1.165, 1.54) is 91.6 Å². The first-order chi connectivity index (χ1) is 29.1. The second-order valence-corrected chi connectivity index (χ2v) is 40.9. The first-order valence-corrected chi connectivity index (χ1v) is 34.5. The molecular weight excluding hydrogens is 863 g/mol. The van der Waals surface area contributed by atoms with Crippen LogP contribution in [0.5, 0.6) is 0 Å². The first kappa shape index (κ1) is 41.8. The van der Waals surface area contributed by atoms with Crippen molar-refractivity contribution in [1.29, 1.82) is 0 Å². The van der Waals surface area contributed by atoms with Crippen LogP contribution in [0.4, 0.5) is 0 Å². The average molecular weight is 922 g/mol. The Hall–Kier alpha value is -3.52. The van der Waals surface area contributed by atoms with Gasteiger partial charge in [-0.1, -0.05) is 0 Å². The Morgan fingerprint density at radius 2 is 0.933 bits per heavy atom. The van der Waals surface area contributed by atoms with Crippen LogP contribution in [0.3, 0.4) is 0 Å². The molecule has 0 fully saturated rings. The third-order valence-corrected chi connectivity index (χ3v) is 36.9. The average Bonchev–Trinajstić information content (AvgIpc) is 3.97. The van der Waals surface area contributed by atoms with Crippen molar-refractivity contribution in [3.05, 3.63) is 172 Å². The van der Waals surface area contributed by atoms with E-state index in [9.17, 15) is 17.0 Å². The fourth-order valence-electron chi connectivity index (χ4n) is 11.4. The summed E-state index contributed by atoms with van der Waals surface area (Å²) in [4.78, 5) is 0. The summed E-state index contributed by atoms with van der Waals surface area (Å²) in [5.74, 6) is 0.802. The van der Waals surface area contributed by atoms with Gasteiger partial charge in [-0.25, -0.2) is 0 Å². The van der Waals surface area contributed by atoms with Crippen molar-refractivity contribution in [2.75, 3.05) is 0 Å². The number of benzene rings is 6.